The molecule has 0 saturated carbocycles. The summed E-state index contributed by atoms with van der Waals surface area (Å²) in [7, 11) is 3.65. The van der Waals surface area contributed by atoms with Gasteiger partial charge in [-0.05, 0) is 19.8 Å². The summed E-state index contributed by atoms with van der Waals surface area (Å²) in [5, 5.41) is 3.30. The molecule has 5 heteroatoms. The molecule has 0 aromatic heterocycles. The molecule has 0 aliphatic carbocycles. The van der Waals surface area contributed by atoms with E-state index in [0.717, 1.165) is 39.0 Å². The van der Waals surface area contributed by atoms with Gasteiger partial charge in [-0.1, -0.05) is 0 Å². The van der Waals surface area contributed by atoms with Gasteiger partial charge in [0.1, 0.15) is 6.04 Å². The van der Waals surface area contributed by atoms with Gasteiger partial charge in [-0.15, -0.1) is 0 Å². The van der Waals surface area contributed by atoms with Gasteiger partial charge in [0.15, 0.2) is 0 Å². The minimum atomic E-state index is -0.0340. The zero-order valence-electron chi connectivity index (χ0n) is 11.7. The molecule has 0 aromatic rings. The second-order valence-electron chi connectivity index (χ2n) is 5.59. The van der Waals surface area contributed by atoms with Gasteiger partial charge >= 0.3 is 0 Å². The average molecular weight is 255 g/mol. The third-order valence-electron chi connectivity index (χ3n) is 3.84. The summed E-state index contributed by atoms with van der Waals surface area (Å²) in [5.41, 5.74) is 0. The quantitative estimate of drug-likeness (QED) is 0.766. The van der Waals surface area contributed by atoms with E-state index in [4.69, 9.17) is 4.74 Å². The van der Waals surface area contributed by atoms with Crippen molar-refractivity contribution in [2.45, 2.75) is 38.0 Å². The number of carbonyl (C=O) groups excluding carboxylic acids is 1. The van der Waals surface area contributed by atoms with Crippen LogP contribution in [0.1, 0.15) is 19.8 Å². The zero-order valence-corrected chi connectivity index (χ0v) is 11.7. The lowest BCUT2D eigenvalue weighted by atomic mass is 10.1. The number of nitrogens with zero attached hydrogens (tertiary/aromatic N) is 2. The van der Waals surface area contributed by atoms with E-state index in [1.165, 1.54) is 0 Å². The van der Waals surface area contributed by atoms with Crippen LogP contribution in [0.15, 0.2) is 0 Å². The molecule has 1 amide bonds. The van der Waals surface area contributed by atoms with Crippen molar-refractivity contribution in [1.29, 1.82) is 0 Å². The number of likely N-dealkylation sites (N-methyl/N-ethyl adjacent to an activating group) is 1. The van der Waals surface area contributed by atoms with E-state index >= 15 is 0 Å². The van der Waals surface area contributed by atoms with E-state index in [1.54, 1.807) is 4.90 Å². The fraction of sp³-hybridized carbons (Fsp3) is 0.923. The van der Waals surface area contributed by atoms with Crippen molar-refractivity contribution in [3.8, 4) is 0 Å². The number of piperazine rings is 1. The van der Waals surface area contributed by atoms with E-state index in [2.05, 4.69) is 17.1 Å². The fourth-order valence-electron chi connectivity index (χ4n) is 2.79. The van der Waals surface area contributed by atoms with E-state index in [1.807, 2.05) is 14.1 Å². The molecule has 1 N–H and O–H groups in total. The molecule has 2 aliphatic rings. The minimum Gasteiger partial charge on any atom is -0.374 e. The zero-order chi connectivity index (χ0) is 13.1. The maximum Gasteiger partial charge on any atom is 0.240 e. The Morgan fingerprint density at radius 3 is 2.83 bits per heavy atom. The van der Waals surface area contributed by atoms with Crippen molar-refractivity contribution < 1.29 is 9.53 Å². The molecule has 2 aliphatic heterocycles. The van der Waals surface area contributed by atoms with Gasteiger partial charge < -0.3 is 15.0 Å². The Morgan fingerprint density at radius 1 is 1.44 bits per heavy atom. The molecule has 0 bridgehead atoms. The molecule has 2 fully saturated rings. The number of carbonyl (C=O) groups is 1. The topological polar surface area (TPSA) is 44.8 Å². The van der Waals surface area contributed by atoms with Gasteiger partial charge in [0.25, 0.3) is 0 Å². The summed E-state index contributed by atoms with van der Waals surface area (Å²) in [6, 6.07) is -0.0340. The van der Waals surface area contributed by atoms with Crippen LogP contribution in [0.4, 0.5) is 0 Å². The van der Waals surface area contributed by atoms with Crippen molar-refractivity contribution in [3.63, 3.8) is 0 Å². The molecule has 2 heterocycles. The minimum absolute atomic E-state index is 0.0340. The highest BCUT2D eigenvalue weighted by atomic mass is 16.5. The van der Waals surface area contributed by atoms with Crippen LogP contribution in [-0.2, 0) is 9.53 Å². The lowest BCUT2D eigenvalue weighted by molar-refractivity contribution is -0.135. The van der Waals surface area contributed by atoms with Crippen LogP contribution < -0.4 is 5.32 Å². The lowest BCUT2D eigenvalue weighted by Crippen LogP contribution is -2.58. The summed E-state index contributed by atoms with van der Waals surface area (Å²) in [6.07, 6.45) is 2.94. The molecule has 0 spiro atoms. The number of hydrogen-bond donors (Lipinski definition) is 1. The summed E-state index contributed by atoms with van der Waals surface area (Å²) in [6.45, 7) is 5.65. The molecule has 3 atom stereocenters. The highest BCUT2D eigenvalue weighted by Crippen LogP contribution is 2.21. The number of nitrogens with one attached hydrogen (secondary N) is 1. The first kappa shape index (κ1) is 13.8. The predicted molar refractivity (Wildman–Crippen MR) is 70.5 cm³/mol. The summed E-state index contributed by atoms with van der Waals surface area (Å²) >= 11 is 0. The Kier molecular flexibility index (Phi) is 4.59. The van der Waals surface area contributed by atoms with Crippen molar-refractivity contribution in [1.82, 2.24) is 15.1 Å². The van der Waals surface area contributed by atoms with Crippen molar-refractivity contribution in [2.24, 2.45) is 0 Å². The van der Waals surface area contributed by atoms with E-state index in [9.17, 15) is 4.79 Å². The predicted octanol–water partition coefficient (Wildman–Crippen LogP) is -0.0841. The SMILES string of the molecule is CC1CCC(CN2CCNCC2C(=O)N(C)C)O1. The van der Waals surface area contributed by atoms with Crippen molar-refractivity contribution in [2.75, 3.05) is 40.3 Å². The number of hydrogen-bond acceptors (Lipinski definition) is 4. The standard InChI is InChI=1S/C13H25N3O2/c1-10-4-5-11(18-10)9-16-7-6-14-8-12(16)13(17)15(2)3/h10-12,14H,4-9H2,1-3H3. The maximum absolute atomic E-state index is 12.1. The normalized spacial score (nSPS) is 33.6. The Hall–Kier alpha value is -0.650. The van der Waals surface area contributed by atoms with Crippen LogP contribution in [0.2, 0.25) is 0 Å². The monoisotopic (exact) mass is 255 g/mol. The van der Waals surface area contributed by atoms with Crippen LogP contribution in [0, 0.1) is 0 Å². The van der Waals surface area contributed by atoms with Crippen LogP contribution in [0.3, 0.4) is 0 Å². The molecule has 0 radical (unpaired) electrons. The first-order valence-corrected chi connectivity index (χ1v) is 6.89. The van der Waals surface area contributed by atoms with Crippen LogP contribution in [0.5, 0.6) is 0 Å². The number of amides is 1. The summed E-state index contributed by atoms with van der Waals surface area (Å²) in [4.78, 5) is 16.1. The highest BCUT2D eigenvalue weighted by molar-refractivity contribution is 5.81. The molecule has 5 nitrogen and oxygen atoms in total. The molecule has 18 heavy (non-hydrogen) atoms. The molecular weight excluding hydrogens is 230 g/mol. The summed E-state index contributed by atoms with van der Waals surface area (Å²) in [5.74, 6) is 0.188. The van der Waals surface area contributed by atoms with Crippen molar-refractivity contribution in [3.05, 3.63) is 0 Å². The molecule has 0 aromatic carbocycles. The fourth-order valence-corrected chi connectivity index (χ4v) is 2.79. The Balaban J connectivity index is 1.93. The molecular formula is C13H25N3O2. The van der Waals surface area contributed by atoms with Gasteiger partial charge in [0.05, 0.1) is 12.2 Å². The first-order valence-electron chi connectivity index (χ1n) is 6.89. The summed E-state index contributed by atoms with van der Waals surface area (Å²) < 4.78 is 5.87. The Labute approximate surface area is 109 Å². The Morgan fingerprint density at radius 2 is 2.22 bits per heavy atom. The average Bonchev–Trinajstić information content (AvgIpc) is 2.74. The van der Waals surface area contributed by atoms with Crippen LogP contribution in [0.25, 0.3) is 0 Å². The van der Waals surface area contributed by atoms with Gasteiger partial charge in [-0.2, -0.15) is 0 Å². The van der Waals surface area contributed by atoms with Crippen LogP contribution in [-0.4, -0.2) is 74.2 Å². The van der Waals surface area contributed by atoms with Crippen LogP contribution >= 0.6 is 0 Å². The molecule has 104 valence electrons. The van der Waals surface area contributed by atoms with E-state index < -0.39 is 0 Å². The lowest BCUT2D eigenvalue weighted by Gasteiger charge is -2.37. The first-order chi connectivity index (χ1) is 8.58. The van der Waals surface area contributed by atoms with Gasteiger partial charge in [-0.3, -0.25) is 9.69 Å². The highest BCUT2D eigenvalue weighted by Gasteiger charge is 2.33. The van der Waals surface area contributed by atoms with Gasteiger partial charge in [0, 0.05) is 40.3 Å². The second kappa shape index (κ2) is 5.99. The number of ether oxygens (including phenoxy) is 1. The third kappa shape index (κ3) is 3.22. The van der Waals surface area contributed by atoms with Crippen molar-refractivity contribution >= 4 is 5.91 Å². The van der Waals surface area contributed by atoms with Gasteiger partial charge in [-0.25, -0.2) is 0 Å². The Bertz CT molecular complexity index is 296. The van der Waals surface area contributed by atoms with Gasteiger partial charge in [0.2, 0.25) is 5.91 Å². The van der Waals surface area contributed by atoms with E-state index in [-0.39, 0.29) is 11.9 Å². The maximum atomic E-state index is 12.1. The van der Waals surface area contributed by atoms with E-state index in [0.29, 0.717) is 12.2 Å². The smallest absolute Gasteiger partial charge is 0.240 e. The molecule has 2 saturated heterocycles. The third-order valence-corrected chi connectivity index (χ3v) is 3.84. The molecule has 3 unspecified atom stereocenters. The largest absolute Gasteiger partial charge is 0.374 e. The number of rotatable bonds is 3. The molecule has 2 rings (SSSR count). The second-order valence-corrected chi connectivity index (χ2v) is 5.59.